The van der Waals surface area contributed by atoms with Gasteiger partial charge in [-0.25, -0.2) is 9.97 Å². The predicted octanol–water partition coefficient (Wildman–Crippen LogP) is 2.77. The van der Waals surface area contributed by atoms with Gasteiger partial charge in [0.1, 0.15) is 5.01 Å². The van der Waals surface area contributed by atoms with Gasteiger partial charge in [-0.05, 0) is 20.3 Å². The van der Waals surface area contributed by atoms with Crippen LogP contribution in [-0.2, 0) is 19.5 Å². The van der Waals surface area contributed by atoms with Crippen LogP contribution in [-0.4, -0.2) is 14.5 Å². The number of aromatic nitrogens is 3. The smallest absolute Gasteiger partial charge is 0.107 e. The highest BCUT2D eigenvalue weighted by atomic mass is 32.1. The highest BCUT2D eigenvalue weighted by Gasteiger charge is 2.05. The van der Waals surface area contributed by atoms with E-state index in [1.54, 1.807) is 11.3 Å². The highest BCUT2D eigenvalue weighted by Crippen LogP contribution is 2.13. The molecule has 4 nitrogen and oxygen atoms in total. The molecule has 18 heavy (non-hydrogen) atoms. The fraction of sp³-hybridized carbons (Fsp3) is 0.538. The number of thiazole rings is 1. The Balaban J connectivity index is 1.86. The van der Waals surface area contributed by atoms with Gasteiger partial charge >= 0.3 is 0 Å². The Morgan fingerprint density at radius 1 is 1.33 bits per heavy atom. The Labute approximate surface area is 112 Å². The number of aryl methyl sites for hydroxylation is 1. The molecule has 2 heterocycles. The quantitative estimate of drug-likeness (QED) is 0.872. The monoisotopic (exact) mass is 264 g/mol. The minimum atomic E-state index is 0.454. The molecule has 0 aliphatic heterocycles. The van der Waals surface area contributed by atoms with Crippen LogP contribution in [0.25, 0.3) is 0 Å². The molecule has 0 unspecified atom stereocenters. The SMILES string of the molecule is CCc1cnc(CNCc2cncn2C(C)C)s1. The molecule has 98 valence electrons. The predicted molar refractivity (Wildman–Crippen MR) is 74.6 cm³/mol. The molecule has 2 aromatic rings. The van der Waals surface area contributed by atoms with Gasteiger partial charge in [0.2, 0.25) is 0 Å². The van der Waals surface area contributed by atoms with Crippen molar-refractivity contribution >= 4 is 11.3 Å². The molecule has 5 heteroatoms. The van der Waals surface area contributed by atoms with Crippen LogP contribution in [0.4, 0.5) is 0 Å². The van der Waals surface area contributed by atoms with Crippen molar-refractivity contribution < 1.29 is 0 Å². The van der Waals surface area contributed by atoms with Crippen molar-refractivity contribution in [2.75, 3.05) is 0 Å². The van der Waals surface area contributed by atoms with E-state index >= 15 is 0 Å². The second-order valence-electron chi connectivity index (χ2n) is 4.56. The van der Waals surface area contributed by atoms with E-state index in [0.717, 1.165) is 24.5 Å². The summed E-state index contributed by atoms with van der Waals surface area (Å²) in [5.41, 5.74) is 1.22. The van der Waals surface area contributed by atoms with E-state index in [2.05, 4.69) is 40.6 Å². The molecule has 0 bridgehead atoms. The topological polar surface area (TPSA) is 42.7 Å². The normalized spacial score (nSPS) is 11.3. The zero-order valence-electron chi connectivity index (χ0n) is 11.2. The van der Waals surface area contributed by atoms with Crippen molar-refractivity contribution in [2.45, 2.75) is 46.3 Å². The molecule has 0 radical (unpaired) electrons. The molecule has 2 aromatic heterocycles. The van der Waals surface area contributed by atoms with Gasteiger partial charge in [0.25, 0.3) is 0 Å². The van der Waals surface area contributed by atoms with Gasteiger partial charge < -0.3 is 9.88 Å². The minimum absolute atomic E-state index is 0.454. The van der Waals surface area contributed by atoms with Crippen LogP contribution in [0.2, 0.25) is 0 Å². The zero-order valence-corrected chi connectivity index (χ0v) is 12.0. The maximum atomic E-state index is 4.40. The van der Waals surface area contributed by atoms with Gasteiger partial charge in [0.05, 0.1) is 12.0 Å². The summed E-state index contributed by atoms with van der Waals surface area (Å²) in [5.74, 6) is 0. The summed E-state index contributed by atoms with van der Waals surface area (Å²) in [4.78, 5) is 9.94. The lowest BCUT2D eigenvalue weighted by Gasteiger charge is -2.11. The Morgan fingerprint density at radius 3 is 2.83 bits per heavy atom. The second-order valence-corrected chi connectivity index (χ2v) is 5.76. The van der Waals surface area contributed by atoms with E-state index in [1.807, 2.05) is 18.7 Å². The number of imidazole rings is 1. The molecule has 2 rings (SSSR count). The minimum Gasteiger partial charge on any atom is -0.331 e. The summed E-state index contributed by atoms with van der Waals surface area (Å²) in [7, 11) is 0. The molecule has 0 aromatic carbocycles. The van der Waals surface area contributed by atoms with E-state index in [1.165, 1.54) is 10.6 Å². The van der Waals surface area contributed by atoms with Gasteiger partial charge in [-0.1, -0.05) is 6.92 Å². The number of hydrogen-bond acceptors (Lipinski definition) is 4. The van der Waals surface area contributed by atoms with E-state index < -0.39 is 0 Å². The molecule has 0 saturated heterocycles. The maximum Gasteiger partial charge on any atom is 0.107 e. The average Bonchev–Trinajstić information content (AvgIpc) is 2.97. The van der Waals surface area contributed by atoms with E-state index in [9.17, 15) is 0 Å². The summed E-state index contributed by atoms with van der Waals surface area (Å²) >= 11 is 1.78. The van der Waals surface area contributed by atoms with Crippen molar-refractivity contribution in [2.24, 2.45) is 0 Å². The van der Waals surface area contributed by atoms with Gasteiger partial charge in [-0.3, -0.25) is 0 Å². The Kier molecular flexibility index (Phi) is 4.49. The first-order valence-electron chi connectivity index (χ1n) is 6.35. The summed E-state index contributed by atoms with van der Waals surface area (Å²) in [6, 6.07) is 0.454. The molecule has 0 spiro atoms. The number of nitrogens with zero attached hydrogens (tertiary/aromatic N) is 3. The van der Waals surface area contributed by atoms with E-state index in [0.29, 0.717) is 6.04 Å². The molecule has 1 N–H and O–H groups in total. The number of hydrogen-bond donors (Lipinski definition) is 1. The third kappa shape index (κ3) is 3.17. The molecule has 0 aliphatic carbocycles. The second kappa shape index (κ2) is 6.11. The van der Waals surface area contributed by atoms with E-state index in [4.69, 9.17) is 0 Å². The van der Waals surface area contributed by atoms with Crippen LogP contribution in [0.15, 0.2) is 18.7 Å². The molecular formula is C13H20N4S. The fourth-order valence-corrected chi connectivity index (χ4v) is 2.66. The lowest BCUT2D eigenvalue weighted by Crippen LogP contribution is -2.16. The van der Waals surface area contributed by atoms with Crippen molar-refractivity contribution in [3.05, 3.63) is 34.3 Å². The van der Waals surface area contributed by atoms with Crippen LogP contribution < -0.4 is 5.32 Å². The highest BCUT2D eigenvalue weighted by molar-refractivity contribution is 7.11. The summed E-state index contributed by atoms with van der Waals surface area (Å²) in [6.07, 6.45) is 6.85. The van der Waals surface area contributed by atoms with Crippen LogP contribution in [0, 0.1) is 0 Å². The van der Waals surface area contributed by atoms with Crippen LogP contribution in [0.1, 0.15) is 42.4 Å². The van der Waals surface area contributed by atoms with Crippen molar-refractivity contribution in [1.29, 1.82) is 0 Å². The van der Waals surface area contributed by atoms with Crippen molar-refractivity contribution in [3.8, 4) is 0 Å². The molecular weight excluding hydrogens is 244 g/mol. The van der Waals surface area contributed by atoms with Crippen LogP contribution in [0.5, 0.6) is 0 Å². The van der Waals surface area contributed by atoms with Crippen LogP contribution in [0.3, 0.4) is 0 Å². The largest absolute Gasteiger partial charge is 0.331 e. The third-order valence-corrected chi connectivity index (χ3v) is 3.98. The van der Waals surface area contributed by atoms with Crippen molar-refractivity contribution in [3.63, 3.8) is 0 Å². The van der Waals surface area contributed by atoms with Gasteiger partial charge in [-0.2, -0.15) is 0 Å². The summed E-state index contributed by atoms with van der Waals surface area (Å²) in [6.45, 7) is 8.15. The number of rotatable bonds is 6. The average molecular weight is 264 g/mol. The number of nitrogens with one attached hydrogen (secondary N) is 1. The summed E-state index contributed by atoms with van der Waals surface area (Å²) in [5, 5.41) is 4.58. The standard InChI is InChI=1S/C13H20N4S/c1-4-12-7-16-13(18-12)8-14-5-11-6-15-9-17(11)10(2)3/h6-7,9-10,14H,4-5,8H2,1-3H3. The third-order valence-electron chi connectivity index (χ3n) is 2.83. The van der Waals surface area contributed by atoms with Crippen molar-refractivity contribution in [1.82, 2.24) is 19.9 Å². The van der Waals surface area contributed by atoms with Gasteiger partial charge in [0.15, 0.2) is 0 Å². The van der Waals surface area contributed by atoms with E-state index in [-0.39, 0.29) is 0 Å². The molecule has 0 fully saturated rings. The lowest BCUT2D eigenvalue weighted by molar-refractivity contribution is 0.550. The molecule has 0 atom stereocenters. The zero-order chi connectivity index (χ0) is 13.0. The first kappa shape index (κ1) is 13.2. The molecule has 0 amide bonds. The maximum absolute atomic E-state index is 4.40. The Bertz CT molecular complexity index is 487. The Hall–Kier alpha value is -1.20. The van der Waals surface area contributed by atoms with Gasteiger partial charge in [0, 0.05) is 36.4 Å². The summed E-state index contributed by atoms with van der Waals surface area (Å²) < 4.78 is 2.19. The molecule has 0 saturated carbocycles. The van der Waals surface area contributed by atoms with Crippen LogP contribution >= 0.6 is 11.3 Å². The first-order valence-corrected chi connectivity index (χ1v) is 7.17. The van der Waals surface area contributed by atoms with Gasteiger partial charge in [-0.15, -0.1) is 11.3 Å². The Morgan fingerprint density at radius 2 is 2.17 bits per heavy atom. The fourth-order valence-electron chi connectivity index (χ4n) is 1.82. The molecule has 0 aliphatic rings. The first-order chi connectivity index (χ1) is 8.70. The lowest BCUT2D eigenvalue weighted by atomic mass is 10.3.